The van der Waals surface area contributed by atoms with Gasteiger partial charge < -0.3 is 0 Å². The van der Waals surface area contributed by atoms with E-state index in [4.69, 9.17) is 0 Å². The van der Waals surface area contributed by atoms with Crippen LogP contribution in [-0.2, 0) is 0 Å². The molecule has 0 radical (unpaired) electrons. The molecule has 0 aromatic heterocycles. The fourth-order valence-corrected chi connectivity index (χ4v) is 1.87. The molecular formula is C8H7N7O10. The summed E-state index contributed by atoms with van der Waals surface area (Å²) in [5, 5.41) is 52.4. The second kappa shape index (κ2) is 6.52. The summed E-state index contributed by atoms with van der Waals surface area (Å²) in [6.07, 6.45) is 0. The fourth-order valence-electron chi connectivity index (χ4n) is 1.87. The van der Waals surface area contributed by atoms with E-state index in [1.807, 2.05) is 0 Å². The van der Waals surface area contributed by atoms with E-state index in [1.165, 1.54) is 0 Å². The van der Waals surface area contributed by atoms with Crippen molar-refractivity contribution < 1.29 is 24.8 Å². The monoisotopic (exact) mass is 361 g/mol. The van der Waals surface area contributed by atoms with E-state index < -0.39 is 53.3 Å². The highest BCUT2D eigenvalue weighted by Crippen LogP contribution is 2.49. The van der Waals surface area contributed by atoms with Crippen LogP contribution in [0.15, 0.2) is 6.07 Å². The van der Waals surface area contributed by atoms with Crippen LogP contribution < -0.4 is 10.0 Å². The number of nitrogens with zero attached hydrogens (tertiary/aromatic N) is 7. The van der Waals surface area contributed by atoms with Crippen LogP contribution in [0.25, 0.3) is 0 Å². The summed E-state index contributed by atoms with van der Waals surface area (Å²) in [5.41, 5.74) is -6.71. The summed E-state index contributed by atoms with van der Waals surface area (Å²) in [7, 11) is 1.22. The summed E-state index contributed by atoms with van der Waals surface area (Å²) in [4.78, 5) is 51.2. The molecule has 17 heteroatoms. The van der Waals surface area contributed by atoms with Crippen molar-refractivity contribution in [2.24, 2.45) is 0 Å². The number of nitro groups is 5. The molecule has 0 aliphatic rings. The van der Waals surface area contributed by atoms with E-state index in [-0.39, 0.29) is 16.1 Å². The summed E-state index contributed by atoms with van der Waals surface area (Å²) >= 11 is 0. The van der Waals surface area contributed by atoms with E-state index in [1.54, 1.807) is 0 Å². The molecule has 0 spiro atoms. The normalized spacial score (nSPS) is 10.0. The summed E-state index contributed by atoms with van der Waals surface area (Å²) in [6.45, 7) is 0. The largest absolute Gasteiger partial charge is 0.342 e. The standard InChI is InChI=1S/C8H7N7O10/c1-9(14(22)23)6-4(11(16)17)3-5(12(18)19)7(8(6)13(20)21)10(2)15(24)25/h3H,1-2H3. The minimum atomic E-state index is -1.53. The molecule has 0 fully saturated rings. The van der Waals surface area contributed by atoms with Gasteiger partial charge in [-0.05, 0) is 0 Å². The van der Waals surface area contributed by atoms with Gasteiger partial charge in [-0.15, -0.1) is 0 Å². The van der Waals surface area contributed by atoms with Crippen molar-refractivity contribution in [1.29, 1.82) is 0 Å². The maximum Gasteiger partial charge on any atom is 0.342 e. The third kappa shape index (κ3) is 3.28. The Labute approximate surface area is 135 Å². The number of rotatable bonds is 7. The first kappa shape index (κ1) is 18.9. The number of benzene rings is 1. The molecule has 0 amide bonds. The van der Waals surface area contributed by atoms with Gasteiger partial charge in [-0.2, -0.15) is 0 Å². The van der Waals surface area contributed by atoms with E-state index in [0.717, 1.165) is 0 Å². The SMILES string of the molecule is CN(c1c([N+](=O)[O-])cc([N+](=O)[O-])c(N(C)[N+](=O)[O-])c1[N+](=O)[O-])[N+](=O)[O-]. The van der Waals surface area contributed by atoms with Crippen molar-refractivity contribution in [3.8, 4) is 0 Å². The summed E-state index contributed by atoms with van der Waals surface area (Å²) in [5.74, 6) is 0. The predicted molar refractivity (Wildman–Crippen MR) is 77.2 cm³/mol. The molecule has 0 unspecified atom stereocenters. The topological polar surface area (TPSA) is 222 Å². The molecule has 1 rings (SSSR count). The lowest BCUT2D eigenvalue weighted by atomic mass is 10.1. The average Bonchev–Trinajstić information content (AvgIpc) is 2.50. The molecule has 134 valence electrons. The first-order chi connectivity index (χ1) is 11.4. The van der Waals surface area contributed by atoms with Gasteiger partial charge in [0.15, 0.2) is 10.1 Å². The second-order valence-electron chi connectivity index (χ2n) is 4.25. The van der Waals surface area contributed by atoms with Gasteiger partial charge in [0.1, 0.15) is 0 Å². The molecule has 0 atom stereocenters. The molecule has 0 saturated heterocycles. The first-order valence-electron chi connectivity index (χ1n) is 5.82. The molecule has 17 nitrogen and oxygen atoms in total. The van der Waals surface area contributed by atoms with Gasteiger partial charge >= 0.3 is 17.1 Å². The lowest BCUT2D eigenvalue weighted by Gasteiger charge is -2.14. The minimum absolute atomic E-state index is 0.128. The van der Waals surface area contributed by atoms with Crippen molar-refractivity contribution in [2.75, 3.05) is 24.1 Å². The first-order valence-corrected chi connectivity index (χ1v) is 5.82. The number of hydrogen-bond acceptors (Lipinski definition) is 10. The molecule has 0 bridgehead atoms. The zero-order chi connectivity index (χ0) is 19.6. The van der Waals surface area contributed by atoms with E-state index >= 15 is 0 Å². The highest BCUT2D eigenvalue weighted by molar-refractivity contribution is 5.90. The smallest absolute Gasteiger partial charge is 0.258 e. The predicted octanol–water partition coefficient (Wildman–Crippen LogP) is 0.667. The van der Waals surface area contributed by atoms with Crippen molar-refractivity contribution >= 4 is 28.4 Å². The summed E-state index contributed by atoms with van der Waals surface area (Å²) < 4.78 is 0. The maximum absolute atomic E-state index is 11.3. The number of hydrogen-bond donors (Lipinski definition) is 0. The Morgan fingerprint density at radius 3 is 1.20 bits per heavy atom. The van der Waals surface area contributed by atoms with Gasteiger partial charge in [-0.3, -0.25) is 30.3 Å². The zero-order valence-electron chi connectivity index (χ0n) is 12.3. The molecule has 0 saturated carbocycles. The van der Waals surface area contributed by atoms with E-state index in [0.29, 0.717) is 14.1 Å². The van der Waals surface area contributed by atoms with Gasteiger partial charge in [0.2, 0.25) is 0 Å². The van der Waals surface area contributed by atoms with Crippen LogP contribution in [-0.4, -0.2) is 38.9 Å². The van der Waals surface area contributed by atoms with Crippen LogP contribution in [0.4, 0.5) is 28.4 Å². The van der Waals surface area contributed by atoms with Crippen molar-refractivity contribution in [3.05, 3.63) is 56.6 Å². The lowest BCUT2D eigenvalue weighted by molar-refractivity contribution is -0.496. The molecule has 1 aromatic carbocycles. The Hall–Kier alpha value is -4.18. The molecule has 0 N–H and O–H groups in total. The van der Waals surface area contributed by atoms with Crippen LogP contribution in [0.3, 0.4) is 0 Å². The van der Waals surface area contributed by atoms with E-state index in [2.05, 4.69) is 0 Å². The van der Waals surface area contributed by atoms with Gasteiger partial charge in [0, 0.05) is 0 Å². The number of anilines is 2. The van der Waals surface area contributed by atoms with Crippen LogP contribution in [0.2, 0.25) is 0 Å². The highest BCUT2D eigenvalue weighted by Gasteiger charge is 2.45. The number of nitro benzene ring substituents is 3. The Kier molecular flexibility index (Phi) is 4.92. The third-order valence-corrected chi connectivity index (χ3v) is 2.92. The Balaban J connectivity index is 4.18. The third-order valence-electron chi connectivity index (χ3n) is 2.92. The molecule has 25 heavy (non-hydrogen) atoms. The van der Waals surface area contributed by atoms with Gasteiger partial charge in [-0.1, -0.05) is 10.0 Å². The Morgan fingerprint density at radius 2 is 1.00 bits per heavy atom. The average molecular weight is 361 g/mol. The Bertz CT molecular complexity index is 751. The quantitative estimate of drug-likeness (QED) is 0.482. The van der Waals surface area contributed by atoms with Crippen molar-refractivity contribution in [1.82, 2.24) is 0 Å². The molecule has 0 heterocycles. The van der Waals surface area contributed by atoms with Gasteiger partial charge in [0.05, 0.1) is 34.9 Å². The maximum atomic E-state index is 11.3. The fraction of sp³-hybridized carbons (Fsp3) is 0.250. The summed E-state index contributed by atoms with van der Waals surface area (Å²) in [6, 6.07) is 0.178. The number of hydrazine groups is 2. The highest BCUT2D eigenvalue weighted by atomic mass is 16.7. The molecule has 0 aliphatic carbocycles. The van der Waals surface area contributed by atoms with E-state index in [9.17, 15) is 50.6 Å². The zero-order valence-corrected chi connectivity index (χ0v) is 12.3. The minimum Gasteiger partial charge on any atom is -0.258 e. The Morgan fingerprint density at radius 1 is 0.680 bits per heavy atom. The molecular weight excluding hydrogens is 354 g/mol. The second-order valence-corrected chi connectivity index (χ2v) is 4.25. The van der Waals surface area contributed by atoms with Crippen LogP contribution in [0.5, 0.6) is 0 Å². The molecule has 1 aromatic rings. The van der Waals surface area contributed by atoms with Gasteiger partial charge in [0.25, 0.3) is 11.4 Å². The van der Waals surface area contributed by atoms with Crippen LogP contribution >= 0.6 is 0 Å². The molecule has 0 aliphatic heterocycles. The van der Waals surface area contributed by atoms with Gasteiger partial charge in [-0.25, -0.2) is 20.2 Å². The van der Waals surface area contributed by atoms with Crippen molar-refractivity contribution in [2.45, 2.75) is 0 Å². The van der Waals surface area contributed by atoms with Crippen molar-refractivity contribution in [3.63, 3.8) is 0 Å². The van der Waals surface area contributed by atoms with Crippen LogP contribution in [0, 0.1) is 50.6 Å². The van der Waals surface area contributed by atoms with Crippen LogP contribution in [0.1, 0.15) is 0 Å². The lowest BCUT2D eigenvalue weighted by Crippen LogP contribution is -2.30.